The zero-order chi connectivity index (χ0) is 13.2. The van der Waals surface area contributed by atoms with Crippen LogP contribution in [0.1, 0.15) is 9.75 Å². The van der Waals surface area contributed by atoms with Crippen LogP contribution in [-0.2, 0) is 0 Å². The van der Waals surface area contributed by atoms with Gasteiger partial charge in [-0.15, -0.1) is 46.9 Å². The number of terminal acetylenes is 2. The summed E-state index contributed by atoms with van der Waals surface area (Å²) in [6.45, 7) is 0. The Kier molecular flexibility index (Phi) is 3.27. The monoisotopic (exact) mass is 296 g/mol. The van der Waals surface area contributed by atoms with Gasteiger partial charge in [-0.05, 0) is 36.4 Å². The van der Waals surface area contributed by atoms with Crippen LogP contribution in [0.25, 0.3) is 19.5 Å². The van der Waals surface area contributed by atoms with E-state index in [1.807, 2.05) is 12.1 Å². The molecule has 0 radical (unpaired) electrons. The van der Waals surface area contributed by atoms with Crippen molar-refractivity contribution in [2.45, 2.75) is 0 Å². The van der Waals surface area contributed by atoms with E-state index in [1.54, 1.807) is 34.0 Å². The molecule has 0 aromatic carbocycles. The van der Waals surface area contributed by atoms with E-state index in [1.165, 1.54) is 19.5 Å². The minimum absolute atomic E-state index is 0.968. The number of rotatable bonds is 2. The first-order chi connectivity index (χ1) is 9.30. The van der Waals surface area contributed by atoms with Gasteiger partial charge in [-0.3, -0.25) is 0 Å². The van der Waals surface area contributed by atoms with Gasteiger partial charge in [-0.25, -0.2) is 0 Å². The first-order valence-electron chi connectivity index (χ1n) is 5.53. The highest BCUT2D eigenvalue weighted by Gasteiger charge is 2.08. The normalized spacial score (nSPS) is 10.0. The Balaban J connectivity index is 1.95. The molecule has 0 spiro atoms. The summed E-state index contributed by atoms with van der Waals surface area (Å²) in [4.78, 5) is 6.87. The van der Waals surface area contributed by atoms with Gasteiger partial charge in [0, 0.05) is 19.5 Å². The summed E-state index contributed by atoms with van der Waals surface area (Å²) in [5.74, 6) is 5.34. The Bertz CT molecular complexity index is 733. The van der Waals surface area contributed by atoms with Gasteiger partial charge in [-0.1, -0.05) is 11.8 Å². The van der Waals surface area contributed by atoms with Crippen molar-refractivity contribution in [1.29, 1.82) is 0 Å². The largest absolute Gasteiger partial charge is 0.134 e. The molecule has 3 rings (SSSR count). The van der Waals surface area contributed by atoms with E-state index >= 15 is 0 Å². The van der Waals surface area contributed by atoms with Crippen molar-refractivity contribution in [3.05, 3.63) is 46.2 Å². The molecule has 0 unspecified atom stereocenters. The van der Waals surface area contributed by atoms with Crippen molar-refractivity contribution < 1.29 is 0 Å². The average molecular weight is 296 g/mol. The zero-order valence-corrected chi connectivity index (χ0v) is 12.3. The highest BCUT2D eigenvalue weighted by atomic mass is 32.1. The molecule has 0 saturated heterocycles. The molecule has 0 aliphatic rings. The van der Waals surface area contributed by atoms with E-state index in [4.69, 9.17) is 12.8 Å². The molecule has 0 aliphatic carbocycles. The summed E-state index contributed by atoms with van der Waals surface area (Å²) in [6.07, 6.45) is 10.8. The van der Waals surface area contributed by atoms with Crippen LogP contribution in [0, 0.1) is 24.7 Å². The molecule has 0 atom stereocenters. The van der Waals surface area contributed by atoms with Crippen LogP contribution in [0.5, 0.6) is 0 Å². The molecular weight excluding hydrogens is 288 g/mol. The number of hydrogen-bond donors (Lipinski definition) is 0. The Morgan fingerprint density at radius 1 is 0.579 bits per heavy atom. The second-order valence-electron chi connectivity index (χ2n) is 3.78. The topological polar surface area (TPSA) is 0 Å². The van der Waals surface area contributed by atoms with Crippen molar-refractivity contribution in [1.82, 2.24) is 0 Å². The van der Waals surface area contributed by atoms with Gasteiger partial charge in [0.15, 0.2) is 0 Å². The molecule has 0 saturated carbocycles. The van der Waals surface area contributed by atoms with Gasteiger partial charge in [-0.2, -0.15) is 0 Å². The maximum atomic E-state index is 5.40. The lowest BCUT2D eigenvalue weighted by Gasteiger charge is -1.90. The fourth-order valence-corrected chi connectivity index (χ4v) is 4.52. The molecule has 0 amide bonds. The maximum Gasteiger partial charge on any atom is 0.0772 e. The molecule has 90 valence electrons. The highest BCUT2D eigenvalue weighted by Crippen LogP contribution is 2.39. The zero-order valence-electron chi connectivity index (χ0n) is 9.84. The lowest BCUT2D eigenvalue weighted by atomic mass is 10.3. The smallest absolute Gasteiger partial charge is 0.0772 e. The van der Waals surface area contributed by atoms with Gasteiger partial charge in [0.25, 0.3) is 0 Å². The summed E-state index contributed by atoms with van der Waals surface area (Å²) in [5.41, 5.74) is 0. The van der Waals surface area contributed by atoms with Gasteiger partial charge >= 0.3 is 0 Å². The molecule has 0 fully saturated rings. The minimum atomic E-state index is 0.968. The Hall–Kier alpha value is -1.78. The summed E-state index contributed by atoms with van der Waals surface area (Å²) in [6, 6.07) is 12.4. The van der Waals surface area contributed by atoms with E-state index in [0.717, 1.165) is 9.75 Å². The fraction of sp³-hybridized carbons (Fsp3) is 0. The SMILES string of the molecule is C#Cc1ccc(-c2ccc(-c3ccc(C#C)s3)s2)s1. The maximum absolute atomic E-state index is 5.40. The third-order valence-corrected chi connectivity index (χ3v) is 6.10. The second kappa shape index (κ2) is 5.07. The quantitative estimate of drug-likeness (QED) is 0.572. The van der Waals surface area contributed by atoms with Crippen LogP contribution in [0.4, 0.5) is 0 Å². The summed E-state index contributed by atoms with van der Waals surface area (Å²) in [5, 5.41) is 0. The molecule has 3 aromatic rings. The molecular formula is C16H8S3. The van der Waals surface area contributed by atoms with Gasteiger partial charge < -0.3 is 0 Å². The predicted octanol–water partition coefficient (Wildman–Crippen LogP) is 5.17. The molecule has 0 bridgehead atoms. The lowest BCUT2D eigenvalue weighted by Crippen LogP contribution is -1.57. The van der Waals surface area contributed by atoms with Crippen LogP contribution >= 0.6 is 34.0 Å². The van der Waals surface area contributed by atoms with Crippen LogP contribution in [0.15, 0.2) is 36.4 Å². The van der Waals surface area contributed by atoms with Crippen LogP contribution in [0.2, 0.25) is 0 Å². The lowest BCUT2D eigenvalue weighted by molar-refractivity contribution is 1.89. The molecule has 3 heteroatoms. The van der Waals surface area contributed by atoms with E-state index in [0.29, 0.717) is 0 Å². The van der Waals surface area contributed by atoms with Crippen LogP contribution in [-0.4, -0.2) is 0 Å². The van der Waals surface area contributed by atoms with Crippen molar-refractivity contribution in [2.24, 2.45) is 0 Å². The highest BCUT2D eigenvalue weighted by molar-refractivity contribution is 7.26. The first kappa shape index (κ1) is 12.3. The van der Waals surface area contributed by atoms with Gasteiger partial charge in [0.1, 0.15) is 0 Å². The molecule has 0 N–H and O–H groups in total. The fourth-order valence-electron chi connectivity index (χ4n) is 1.70. The molecule has 3 heterocycles. The molecule has 0 aliphatic heterocycles. The second-order valence-corrected chi connectivity index (χ2v) is 7.03. The number of thiophene rings is 3. The van der Waals surface area contributed by atoms with Crippen LogP contribution in [0.3, 0.4) is 0 Å². The van der Waals surface area contributed by atoms with Crippen LogP contribution < -0.4 is 0 Å². The predicted molar refractivity (Wildman–Crippen MR) is 86.8 cm³/mol. The van der Waals surface area contributed by atoms with Gasteiger partial charge in [0.05, 0.1) is 9.75 Å². The molecule has 0 nitrogen and oxygen atoms in total. The Morgan fingerprint density at radius 2 is 0.947 bits per heavy atom. The minimum Gasteiger partial charge on any atom is -0.134 e. The third kappa shape index (κ3) is 2.37. The molecule has 19 heavy (non-hydrogen) atoms. The Labute approximate surface area is 124 Å². The van der Waals surface area contributed by atoms with E-state index in [9.17, 15) is 0 Å². The van der Waals surface area contributed by atoms with Crippen molar-refractivity contribution >= 4 is 34.0 Å². The summed E-state index contributed by atoms with van der Waals surface area (Å²) >= 11 is 5.07. The molecule has 3 aromatic heterocycles. The van der Waals surface area contributed by atoms with Crippen molar-refractivity contribution in [3.63, 3.8) is 0 Å². The third-order valence-electron chi connectivity index (χ3n) is 2.59. The summed E-state index contributed by atoms with van der Waals surface area (Å²) < 4.78 is 0. The van der Waals surface area contributed by atoms with Gasteiger partial charge in [0.2, 0.25) is 0 Å². The van der Waals surface area contributed by atoms with E-state index in [-0.39, 0.29) is 0 Å². The average Bonchev–Trinajstić information content (AvgIpc) is 3.16. The Morgan fingerprint density at radius 3 is 1.32 bits per heavy atom. The number of hydrogen-bond acceptors (Lipinski definition) is 3. The standard InChI is InChI=1S/C16H8S3/c1-3-11-5-7-13(17-11)15-9-10-16(19-15)14-8-6-12(4-2)18-14/h1-2,5-10H. The summed E-state index contributed by atoms with van der Waals surface area (Å²) in [7, 11) is 0. The first-order valence-corrected chi connectivity index (χ1v) is 7.98. The van der Waals surface area contributed by atoms with E-state index < -0.39 is 0 Å². The van der Waals surface area contributed by atoms with Crippen molar-refractivity contribution in [2.75, 3.05) is 0 Å². The van der Waals surface area contributed by atoms with Crippen molar-refractivity contribution in [3.8, 4) is 44.2 Å². The van der Waals surface area contributed by atoms with E-state index in [2.05, 4.69) is 36.1 Å².